The van der Waals surface area contributed by atoms with E-state index in [9.17, 15) is 5.11 Å². The molecule has 12 aromatic rings. The minimum absolute atomic E-state index is 0. The number of nitrogens with zero attached hydrogens (tertiary/aromatic N) is 3. The molecule has 0 unspecified atom stereocenters. The van der Waals surface area contributed by atoms with E-state index in [4.69, 9.17) is 18.8 Å². The van der Waals surface area contributed by atoms with Gasteiger partial charge in [0.2, 0.25) is 5.71 Å². The molecule has 0 radical (unpaired) electrons. The topological polar surface area (TPSA) is 77.2 Å². The Hall–Kier alpha value is -7.53. The van der Waals surface area contributed by atoms with Crippen molar-refractivity contribution in [2.75, 3.05) is 0 Å². The van der Waals surface area contributed by atoms with Gasteiger partial charge in [0.1, 0.15) is 28.3 Å². The van der Waals surface area contributed by atoms with Crippen molar-refractivity contribution < 1.29 is 35.0 Å². The SMILES string of the molecule is CC(C)(C)c1cc(-c2cc3oc4cccc5oc(n2)c3c45)[c-]c(-c2cccc3c2nc(-c2ccc(-c4ccccc4-c4ccccc4)cc2O)n3-c2ccccc2)c1-c1ccccc1.[Pt]. The van der Waals surface area contributed by atoms with E-state index < -0.39 is 0 Å². The molecule has 0 aliphatic rings. The first-order valence-electron chi connectivity index (χ1n) is 21.5. The van der Waals surface area contributed by atoms with Crippen LogP contribution in [-0.2, 0) is 26.5 Å². The van der Waals surface area contributed by atoms with E-state index in [1.54, 1.807) is 0 Å². The summed E-state index contributed by atoms with van der Waals surface area (Å²) in [7, 11) is 0. The van der Waals surface area contributed by atoms with E-state index in [-0.39, 0.29) is 32.2 Å². The van der Waals surface area contributed by atoms with E-state index in [0.717, 1.165) is 99.9 Å². The maximum Gasteiger partial charge on any atom is 0.224 e. The van der Waals surface area contributed by atoms with Gasteiger partial charge in [0.15, 0.2) is 0 Å². The van der Waals surface area contributed by atoms with E-state index in [2.05, 4.69) is 122 Å². The van der Waals surface area contributed by atoms with Crippen LogP contribution in [0.4, 0.5) is 0 Å². The third-order valence-corrected chi connectivity index (χ3v) is 12.4. The van der Waals surface area contributed by atoms with Crippen molar-refractivity contribution in [1.82, 2.24) is 14.5 Å². The number of para-hydroxylation sites is 2. The van der Waals surface area contributed by atoms with Gasteiger partial charge in [0.25, 0.3) is 0 Å². The van der Waals surface area contributed by atoms with Crippen molar-refractivity contribution in [2.24, 2.45) is 0 Å². The van der Waals surface area contributed by atoms with E-state index in [1.165, 1.54) is 0 Å². The Morgan fingerprint density at radius 3 is 1.88 bits per heavy atom. The molecule has 0 amide bonds. The van der Waals surface area contributed by atoms with Crippen LogP contribution in [-0.4, -0.2) is 19.6 Å². The third-order valence-electron chi connectivity index (χ3n) is 12.4. The average Bonchev–Trinajstić information content (AvgIpc) is 4.04. The van der Waals surface area contributed by atoms with E-state index >= 15 is 0 Å². The second-order valence-corrected chi connectivity index (χ2v) is 17.4. The van der Waals surface area contributed by atoms with Gasteiger partial charge in [-0.05, 0) is 76.2 Å². The standard InChI is InChI=1S/C58H40N3O3.Pt/c1-58(2,3)45-32-38(46-34-51-54-53-49(63-51)27-16-28-50(53)64-57(54)59-46)31-44(52(45)36-19-9-5-10-20-36)42-25-15-26-47-55(42)60-56(61(47)39-21-11-6-12-22-39)43-30-29-37(33-48(43)62)41-24-14-13-23-40(41)35-17-7-4-8-18-35;/h4-30,32-34,62H,1-3H3;/q-1;. The molecule has 6 nitrogen and oxygen atoms in total. The Labute approximate surface area is 390 Å². The van der Waals surface area contributed by atoms with Crippen molar-refractivity contribution in [1.29, 1.82) is 0 Å². The number of phenolic OH excluding ortho intramolecular Hbond substituents is 1. The number of furan rings is 2. The number of fused-ring (bicyclic) bond motifs is 1. The zero-order valence-corrected chi connectivity index (χ0v) is 38.0. The fraction of sp³-hybridized carbons (Fsp3) is 0.0690. The molecule has 0 atom stereocenters. The number of hydrogen-bond donors (Lipinski definition) is 1. The van der Waals surface area contributed by atoms with Crippen LogP contribution in [0.15, 0.2) is 191 Å². The average molecular weight is 1020 g/mol. The Kier molecular flexibility index (Phi) is 9.67. The fourth-order valence-corrected chi connectivity index (χ4v) is 9.41. The van der Waals surface area contributed by atoms with Crippen LogP contribution >= 0.6 is 0 Å². The van der Waals surface area contributed by atoms with E-state index in [1.807, 2.05) is 91.0 Å². The zero-order chi connectivity index (χ0) is 43.1. The summed E-state index contributed by atoms with van der Waals surface area (Å²) in [6.45, 7) is 6.74. The summed E-state index contributed by atoms with van der Waals surface area (Å²) in [6.07, 6.45) is 0. The van der Waals surface area contributed by atoms with Crippen molar-refractivity contribution in [3.8, 4) is 78.6 Å². The minimum Gasteiger partial charge on any atom is -0.507 e. The van der Waals surface area contributed by atoms with Gasteiger partial charge in [-0.15, -0.1) is 23.3 Å². The number of aromatic hydroxyl groups is 1. The smallest absolute Gasteiger partial charge is 0.224 e. The first-order valence-corrected chi connectivity index (χ1v) is 21.5. The molecule has 12 rings (SSSR count). The summed E-state index contributed by atoms with van der Waals surface area (Å²) in [6, 6.07) is 65.6. The summed E-state index contributed by atoms with van der Waals surface area (Å²) in [5.41, 5.74) is 16.5. The molecular formula is C58H40N3O3Pt-. The first kappa shape index (κ1) is 40.3. The number of pyridine rings is 1. The van der Waals surface area contributed by atoms with Gasteiger partial charge < -0.3 is 13.9 Å². The van der Waals surface area contributed by atoms with Crippen LogP contribution in [0.1, 0.15) is 26.3 Å². The minimum atomic E-state index is -0.289. The summed E-state index contributed by atoms with van der Waals surface area (Å²) >= 11 is 0. The maximum absolute atomic E-state index is 12.1. The van der Waals surface area contributed by atoms with Crippen LogP contribution in [0.5, 0.6) is 5.75 Å². The van der Waals surface area contributed by atoms with Crippen LogP contribution in [0.2, 0.25) is 0 Å². The molecule has 0 spiro atoms. The number of phenols is 1. The fourth-order valence-electron chi connectivity index (χ4n) is 9.41. The van der Waals surface area contributed by atoms with Gasteiger partial charge in [-0.25, -0.2) is 4.98 Å². The molecule has 8 aromatic carbocycles. The second kappa shape index (κ2) is 15.6. The quantitative estimate of drug-likeness (QED) is 0.161. The normalized spacial score (nSPS) is 11.9. The number of hydrogen-bond acceptors (Lipinski definition) is 5. The number of benzene rings is 8. The molecule has 7 heteroatoms. The first-order chi connectivity index (χ1) is 31.3. The molecule has 0 fully saturated rings. The van der Waals surface area contributed by atoms with Gasteiger partial charge in [-0.1, -0.05) is 170 Å². The monoisotopic (exact) mass is 1020 g/mol. The third kappa shape index (κ3) is 6.67. The van der Waals surface area contributed by atoms with Crippen LogP contribution in [0.3, 0.4) is 0 Å². The Morgan fingerprint density at radius 1 is 0.538 bits per heavy atom. The molecule has 4 aromatic heterocycles. The van der Waals surface area contributed by atoms with Crippen LogP contribution in [0.25, 0.3) is 117 Å². The number of aromatic nitrogens is 3. The molecule has 0 aliphatic carbocycles. The Balaban J connectivity index is 0.00000469. The van der Waals surface area contributed by atoms with Crippen molar-refractivity contribution in [2.45, 2.75) is 26.2 Å². The van der Waals surface area contributed by atoms with Gasteiger partial charge in [-0.2, -0.15) is 0 Å². The molecular weight excluding hydrogens is 982 g/mol. The summed E-state index contributed by atoms with van der Waals surface area (Å²) in [5.74, 6) is 0.760. The van der Waals surface area contributed by atoms with E-state index in [0.29, 0.717) is 22.8 Å². The molecule has 0 bridgehead atoms. The van der Waals surface area contributed by atoms with Gasteiger partial charge in [0.05, 0.1) is 27.4 Å². The number of rotatable bonds is 7. The summed E-state index contributed by atoms with van der Waals surface area (Å²) in [5, 5.41) is 14.0. The predicted octanol–water partition coefficient (Wildman–Crippen LogP) is 15.3. The molecule has 4 heterocycles. The van der Waals surface area contributed by atoms with Gasteiger partial charge in [-0.3, -0.25) is 9.55 Å². The maximum atomic E-state index is 12.1. The number of imidazole rings is 1. The largest absolute Gasteiger partial charge is 0.507 e. The molecule has 1 N–H and O–H groups in total. The van der Waals surface area contributed by atoms with Crippen LogP contribution < -0.4 is 0 Å². The van der Waals surface area contributed by atoms with Crippen molar-refractivity contribution >= 4 is 44.3 Å². The summed E-state index contributed by atoms with van der Waals surface area (Å²) in [4.78, 5) is 10.6. The Morgan fingerprint density at radius 2 is 1.17 bits per heavy atom. The molecule has 0 saturated heterocycles. The van der Waals surface area contributed by atoms with Crippen molar-refractivity contribution in [3.05, 3.63) is 194 Å². The van der Waals surface area contributed by atoms with Crippen molar-refractivity contribution in [3.63, 3.8) is 0 Å². The van der Waals surface area contributed by atoms with Crippen LogP contribution in [0, 0.1) is 6.07 Å². The summed E-state index contributed by atoms with van der Waals surface area (Å²) < 4.78 is 14.9. The molecule has 0 aliphatic heterocycles. The van der Waals surface area contributed by atoms with Gasteiger partial charge >= 0.3 is 0 Å². The zero-order valence-electron chi connectivity index (χ0n) is 35.7. The predicted molar refractivity (Wildman–Crippen MR) is 259 cm³/mol. The molecule has 0 saturated carbocycles. The van der Waals surface area contributed by atoms with Gasteiger partial charge in [0, 0.05) is 32.4 Å². The Bertz CT molecular complexity index is 3650. The second-order valence-electron chi connectivity index (χ2n) is 17.4. The molecule has 316 valence electrons. The molecule has 65 heavy (non-hydrogen) atoms.